The van der Waals surface area contributed by atoms with Gasteiger partial charge < -0.3 is 10.5 Å². The monoisotopic (exact) mass is 202 g/mol. The third-order valence-electron chi connectivity index (χ3n) is 3.33. The minimum atomic E-state index is -0.841. The minimum Gasteiger partial charge on any atom is -0.381 e. The number of ether oxygens (including phenoxy) is 1. The number of hydrogen-bond donors (Lipinski definition) is 1. The molecule has 4 heteroatoms. The molecule has 0 unspecified atom stereocenters. The molecule has 0 radical (unpaired) electrons. The van der Waals surface area contributed by atoms with Crippen molar-refractivity contribution in [3.05, 3.63) is 0 Å². The van der Waals surface area contributed by atoms with E-state index >= 15 is 0 Å². The van der Waals surface area contributed by atoms with Crippen LogP contribution in [-0.4, -0.2) is 49.5 Å². The van der Waals surface area contributed by atoms with Crippen molar-refractivity contribution in [2.75, 3.05) is 26.3 Å². The molecule has 2 aliphatic heterocycles. The first-order valence-electron chi connectivity index (χ1n) is 5.49. The Kier molecular flexibility index (Phi) is 3.36. The van der Waals surface area contributed by atoms with Gasteiger partial charge in [0, 0.05) is 38.4 Å². The third-order valence-corrected chi connectivity index (χ3v) is 3.33. The largest absolute Gasteiger partial charge is 0.381 e. The summed E-state index contributed by atoms with van der Waals surface area (Å²) in [5.41, 5.74) is 5.64. The summed E-state index contributed by atoms with van der Waals surface area (Å²) in [6, 6.07) is 0.278. The maximum Gasteiger partial charge on any atom is 0.128 e. The molecule has 0 saturated carbocycles. The van der Waals surface area contributed by atoms with Gasteiger partial charge in [0.15, 0.2) is 0 Å². The average Bonchev–Trinajstić information content (AvgIpc) is 2.23. The number of hydrogen-bond acceptors (Lipinski definition) is 3. The van der Waals surface area contributed by atoms with E-state index in [9.17, 15) is 4.39 Å². The van der Waals surface area contributed by atoms with Gasteiger partial charge in [0.2, 0.25) is 0 Å². The second kappa shape index (κ2) is 4.55. The quantitative estimate of drug-likeness (QED) is 0.674. The van der Waals surface area contributed by atoms with Crippen LogP contribution in [0.5, 0.6) is 0 Å². The van der Waals surface area contributed by atoms with Crippen molar-refractivity contribution >= 4 is 0 Å². The summed E-state index contributed by atoms with van der Waals surface area (Å²) >= 11 is 0. The van der Waals surface area contributed by atoms with Crippen LogP contribution < -0.4 is 5.73 Å². The molecular formula is C10H19FN2O. The smallest absolute Gasteiger partial charge is 0.128 e. The maximum atomic E-state index is 13.4. The minimum absolute atomic E-state index is 0.244. The van der Waals surface area contributed by atoms with Crippen LogP contribution in [0.2, 0.25) is 0 Å². The van der Waals surface area contributed by atoms with Crippen LogP contribution in [0.3, 0.4) is 0 Å². The maximum absolute atomic E-state index is 13.4. The summed E-state index contributed by atoms with van der Waals surface area (Å²) in [5, 5.41) is 0. The number of piperidine rings is 1. The lowest BCUT2D eigenvalue weighted by Gasteiger charge is -2.39. The number of likely N-dealkylation sites (tertiary alicyclic amines) is 1. The number of alkyl halides is 1. The topological polar surface area (TPSA) is 38.5 Å². The van der Waals surface area contributed by atoms with Crippen molar-refractivity contribution in [3.8, 4) is 0 Å². The Morgan fingerprint density at radius 1 is 1.21 bits per heavy atom. The first-order chi connectivity index (χ1) is 6.77. The van der Waals surface area contributed by atoms with Crippen molar-refractivity contribution < 1.29 is 9.13 Å². The van der Waals surface area contributed by atoms with Gasteiger partial charge in [0.1, 0.15) is 6.17 Å². The lowest BCUT2D eigenvalue weighted by Crippen LogP contribution is -2.52. The molecule has 14 heavy (non-hydrogen) atoms. The molecule has 3 nitrogen and oxygen atoms in total. The molecule has 0 aromatic heterocycles. The van der Waals surface area contributed by atoms with Gasteiger partial charge in [0.25, 0.3) is 0 Å². The van der Waals surface area contributed by atoms with E-state index in [1.165, 1.54) is 0 Å². The van der Waals surface area contributed by atoms with Gasteiger partial charge in [-0.25, -0.2) is 4.39 Å². The lowest BCUT2D eigenvalue weighted by atomic mass is 9.99. The summed E-state index contributed by atoms with van der Waals surface area (Å²) in [7, 11) is 0. The predicted molar refractivity (Wildman–Crippen MR) is 52.9 cm³/mol. The third kappa shape index (κ3) is 2.24. The van der Waals surface area contributed by atoms with E-state index in [0.717, 1.165) is 39.0 Å². The second-order valence-corrected chi connectivity index (χ2v) is 4.31. The zero-order chi connectivity index (χ0) is 9.97. The summed E-state index contributed by atoms with van der Waals surface area (Å²) in [6.07, 6.45) is 2.04. The van der Waals surface area contributed by atoms with Crippen LogP contribution in [0.1, 0.15) is 19.3 Å². The van der Waals surface area contributed by atoms with Crippen molar-refractivity contribution in [1.82, 2.24) is 4.90 Å². The molecule has 0 aliphatic carbocycles. The summed E-state index contributed by atoms with van der Waals surface area (Å²) in [6.45, 7) is 3.12. The fourth-order valence-electron chi connectivity index (χ4n) is 2.33. The molecule has 0 aromatic rings. The molecule has 2 saturated heterocycles. The van der Waals surface area contributed by atoms with Crippen molar-refractivity contribution in [3.63, 3.8) is 0 Å². The van der Waals surface area contributed by atoms with E-state index in [4.69, 9.17) is 10.5 Å². The summed E-state index contributed by atoms with van der Waals surface area (Å²) in [5.74, 6) is 0. The van der Waals surface area contributed by atoms with Crippen molar-refractivity contribution in [2.45, 2.75) is 37.5 Å². The zero-order valence-corrected chi connectivity index (χ0v) is 8.49. The lowest BCUT2D eigenvalue weighted by molar-refractivity contribution is 0.00859. The molecule has 0 spiro atoms. The molecule has 2 aliphatic rings. The molecule has 2 rings (SSSR count). The normalized spacial score (nSPS) is 37.3. The second-order valence-electron chi connectivity index (χ2n) is 4.31. The SMILES string of the molecule is N[C@@H]1CCN(C2CCOCC2)C[C@@H]1F. The molecule has 0 bridgehead atoms. The average molecular weight is 202 g/mol. The highest BCUT2D eigenvalue weighted by Crippen LogP contribution is 2.20. The standard InChI is InChI=1S/C10H19FN2O/c11-9-7-13(4-1-10(9)12)8-2-5-14-6-3-8/h8-10H,1-7,12H2/t9-,10+/m0/s1. The highest BCUT2D eigenvalue weighted by molar-refractivity contribution is 4.86. The molecular weight excluding hydrogens is 183 g/mol. The Morgan fingerprint density at radius 2 is 1.93 bits per heavy atom. The fraction of sp³-hybridized carbons (Fsp3) is 1.00. The molecule has 0 amide bonds. The molecule has 2 heterocycles. The first-order valence-corrected chi connectivity index (χ1v) is 5.49. The van der Waals surface area contributed by atoms with Crippen LogP contribution in [-0.2, 0) is 4.74 Å². The Morgan fingerprint density at radius 3 is 2.57 bits per heavy atom. The molecule has 2 fully saturated rings. The first kappa shape index (κ1) is 10.3. The number of nitrogens with two attached hydrogens (primary N) is 1. The molecule has 2 N–H and O–H groups in total. The van der Waals surface area contributed by atoms with Gasteiger partial charge >= 0.3 is 0 Å². The van der Waals surface area contributed by atoms with Crippen LogP contribution in [0.4, 0.5) is 4.39 Å². The van der Waals surface area contributed by atoms with Crippen LogP contribution >= 0.6 is 0 Å². The van der Waals surface area contributed by atoms with E-state index in [0.29, 0.717) is 12.6 Å². The van der Waals surface area contributed by atoms with Gasteiger partial charge in [-0.05, 0) is 19.3 Å². The van der Waals surface area contributed by atoms with Gasteiger partial charge in [-0.3, -0.25) is 4.90 Å². The van der Waals surface area contributed by atoms with E-state index in [-0.39, 0.29) is 6.04 Å². The van der Waals surface area contributed by atoms with Crippen LogP contribution in [0, 0.1) is 0 Å². The predicted octanol–water partition coefficient (Wildman–Crippen LogP) is 0.536. The number of nitrogens with zero attached hydrogens (tertiary/aromatic N) is 1. The fourth-order valence-corrected chi connectivity index (χ4v) is 2.33. The molecule has 2 atom stereocenters. The molecule has 0 aromatic carbocycles. The van der Waals surface area contributed by atoms with E-state index in [1.54, 1.807) is 0 Å². The number of rotatable bonds is 1. The van der Waals surface area contributed by atoms with E-state index in [1.807, 2.05) is 0 Å². The molecule has 82 valence electrons. The Balaban J connectivity index is 1.85. The van der Waals surface area contributed by atoms with Crippen molar-refractivity contribution in [1.29, 1.82) is 0 Å². The Labute approximate surface area is 84.4 Å². The summed E-state index contributed by atoms with van der Waals surface area (Å²) in [4.78, 5) is 2.25. The summed E-state index contributed by atoms with van der Waals surface area (Å²) < 4.78 is 18.7. The van der Waals surface area contributed by atoms with E-state index in [2.05, 4.69) is 4.90 Å². The van der Waals surface area contributed by atoms with Gasteiger partial charge in [-0.2, -0.15) is 0 Å². The highest BCUT2D eigenvalue weighted by atomic mass is 19.1. The highest BCUT2D eigenvalue weighted by Gasteiger charge is 2.31. The van der Waals surface area contributed by atoms with Gasteiger partial charge in [0.05, 0.1) is 0 Å². The van der Waals surface area contributed by atoms with Crippen LogP contribution in [0.15, 0.2) is 0 Å². The van der Waals surface area contributed by atoms with Crippen molar-refractivity contribution in [2.24, 2.45) is 5.73 Å². The zero-order valence-electron chi connectivity index (χ0n) is 8.49. The Hall–Kier alpha value is -0.190. The van der Waals surface area contributed by atoms with E-state index < -0.39 is 6.17 Å². The van der Waals surface area contributed by atoms with Gasteiger partial charge in [-0.15, -0.1) is 0 Å². The Bertz CT molecular complexity index is 185. The van der Waals surface area contributed by atoms with Crippen LogP contribution in [0.25, 0.3) is 0 Å². The number of halogens is 1. The van der Waals surface area contributed by atoms with Gasteiger partial charge in [-0.1, -0.05) is 0 Å².